The van der Waals surface area contributed by atoms with Gasteiger partial charge in [-0.05, 0) is 38.0 Å². The number of allylic oxidation sites excluding steroid dienone is 2. The van der Waals surface area contributed by atoms with Gasteiger partial charge in [0.05, 0.1) is 5.52 Å². The van der Waals surface area contributed by atoms with Crippen LogP contribution >= 0.6 is 0 Å². The average molecular weight is 290 g/mol. The highest BCUT2D eigenvalue weighted by molar-refractivity contribution is 5.87. The van der Waals surface area contributed by atoms with Crippen molar-refractivity contribution >= 4 is 16.9 Å². The van der Waals surface area contributed by atoms with Crippen molar-refractivity contribution in [2.45, 2.75) is 32.7 Å². The second-order valence-corrected chi connectivity index (χ2v) is 5.40. The Labute approximate surface area is 122 Å². The van der Waals surface area contributed by atoms with E-state index in [1.807, 2.05) is 19.9 Å². The van der Waals surface area contributed by atoms with Gasteiger partial charge < -0.3 is 15.8 Å². The Morgan fingerprint density at radius 1 is 1.48 bits per heavy atom. The van der Waals surface area contributed by atoms with Crippen molar-refractivity contribution in [3.63, 3.8) is 0 Å². The summed E-state index contributed by atoms with van der Waals surface area (Å²) in [6, 6.07) is 2.12. The summed E-state index contributed by atoms with van der Waals surface area (Å²) in [7, 11) is 0. The van der Waals surface area contributed by atoms with E-state index >= 15 is 0 Å². The number of benzene rings is 1. The fourth-order valence-electron chi connectivity index (χ4n) is 2.29. The third kappa shape index (κ3) is 3.31. The van der Waals surface area contributed by atoms with E-state index in [1.165, 1.54) is 6.07 Å². The fraction of sp³-hybridized carbons (Fsp3) is 0.312. The van der Waals surface area contributed by atoms with Gasteiger partial charge in [-0.2, -0.15) is 0 Å². The van der Waals surface area contributed by atoms with Crippen LogP contribution in [-0.2, 0) is 17.6 Å². The Morgan fingerprint density at radius 2 is 2.19 bits per heavy atom. The van der Waals surface area contributed by atoms with Crippen LogP contribution < -0.4 is 5.73 Å². The van der Waals surface area contributed by atoms with E-state index in [2.05, 4.69) is 4.98 Å². The van der Waals surface area contributed by atoms with Gasteiger partial charge in [0.15, 0.2) is 0 Å². The Morgan fingerprint density at radius 3 is 2.81 bits per heavy atom. The van der Waals surface area contributed by atoms with E-state index in [9.17, 15) is 9.18 Å². The summed E-state index contributed by atoms with van der Waals surface area (Å²) in [6.07, 6.45) is 4.37. The number of carbonyl (C=O) groups is 1. The van der Waals surface area contributed by atoms with Crippen LogP contribution in [0.15, 0.2) is 30.0 Å². The average Bonchev–Trinajstić information content (AvgIpc) is 2.80. The van der Waals surface area contributed by atoms with E-state index in [4.69, 9.17) is 10.8 Å². The monoisotopic (exact) mass is 290 g/mol. The molecule has 4 nitrogen and oxygen atoms in total. The maximum Gasteiger partial charge on any atom is 0.320 e. The molecule has 0 fully saturated rings. The molecule has 0 spiro atoms. The number of halogens is 1. The van der Waals surface area contributed by atoms with Crippen LogP contribution in [0, 0.1) is 5.82 Å². The highest BCUT2D eigenvalue weighted by Crippen LogP contribution is 2.26. The van der Waals surface area contributed by atoms with Gasteiger partial charge in [-0.1, -0.05) is 11.6 Å². The first-order valence-corrected chi connectivity index (χ1v) is 6.79. The molecule has 0 saturated heterocycles. The quantitative estimate of drug-likeness (QED) is 0.741. The van der Waals surface area contributed by atoms with Gasteiger partial charge in [-0.25, -0.2) is 4.39 Å². The lowest BCUT2D eigenvalue weighted by Crippen LogP contribution is -2.32. The van der Waals surface area contributed by atoms with Crippen molar-refractivity contribution in [3.8, 4) is 0 Å². The second kappa shape index (κ2) is 6.10. The van der Waals surface area contributed by atoms with E-state index in [-0.39, 0.29) is 12.2 Å². The zero-order valence-electron chi connectivity index (χ0n) is 12.1. The Hall–Kier alpha value is -2.14. The van der Waals surface area contributed by atoms with E-state index in [0.29, 0.717) is 17.5 Å². The summed E-state index contributed by atoms with van der Waals surface area (Å²) in [4.78, 5) is 13.9. The molecular weight excluding hydrogens is 271 g/mol. The van der Waals surface area contributed by atoms with Crippen molar-refractivity contribution < 1.29 is 14.3 Å². The summed E-state index contributed by atoms with van der Waals surface area (Å²) in [5.74, 6) is -1.31. The Kier molecular flexibility index (Phi) is 4.43. The van der Waals surface area contributed by atoms with Gasteiger partial charge >= 0.3 is 5.97 Å². The Balaban J connectivity index is 2.43. The topological polar surface area (TPSA) is 79.1 Å². The molecule has 5 heteroatoms. The van der Waals surface area contributed by atoms with Gasteiger partial charge in [0.1, 0.15) is 11.9 Å². The highest BCUT2D eigenvalue weighted by Gasteiger charge is 2.17. The van der Waals surface area contributed by atoms with E-state index in [0.717, 1.165) is 16.5 Å². The van der Waals surface area contributed by atoms with Crippen LogP contribution in [0.1, 0.15) is 25.0 Å². The number of H-pyrrole nitrogens is 1. The molecule has 2 rings (SSSR count). The smallest absolute Gasteiger partial charge is 0.320 e. The standard InChI is InChI=1S/C16H19FN2O2/c1-9(2)3-4-12-13(17)6-5-11-10(8-19-15(11)12)7-14(18)16(20)21/h3,5-6,8,14,19H,4,7,18H2,1-2H3,(H,20,21). The van der Waals surface area contributed by atoms with Crippen LogP contribution in [0.3, 0.4) is 0 Å². The van der Waals surface area contributed by atoms with Crippen molar-refractivity contribution in [3.05, 3.63) is 46.9 Å². The summed E-state index contributed by atoms with van der Waals surface area (Å²) < 4.78 is 14.0. The van der Waals surface area contributed by atoms with Crippen LogP contribution in [0.2, 0.25) is 0 Å². The molecule has 1 aromatic carbocycles. The van der Waals surface area contributed by atoms with Gasteiger partial charge in [0.25, 0.3) is 0 Å². The summed E-state index contributed by atoms with van der Waals surface area (Å²) >= 11 is 0. The fourth-order valence-corrected chi connectivity index (χ4v) is 2.29. The number of carboxylic acid groups (broad SMARTS) is 1. The molecule has 1 heterocycles. The largest absolute Gasteiger partial charge is 0.480 e. The predicted octanol–water partition coefficient (Wildman–Crippen LogP) is 2.77. The second-order valence-electron chi connectivity index (χ2n) is 5.40. The minimum absolute atomic E-state index is 0.211. The number of nitrogens with one attached hydrogen (secondary N) is 1. The molecule has 21 heavy (non-hydrogen) atoms. The SMILES string of the molecule is CC(C)=CCc1c(F)ccc2c(CC(N)C(=O)O)c[nH]c12. The number of nitrogens with two attached hydrogens (primary N) is 1. The first-order valence-electron chi connectivity index (χ1n) is 6.79. The summed E-state index contributed by atoms with van der Waals surface area (Å²) in [6.45, 7) is 3.92. The molecule has 112 valence electrons. The lowest BCUT2D eigenvalue weighted by atomic mass is 10.0. The molecule has 2 aromatic rings. The van der Waals surface area contributed by atoms with Crippen LogP contribution in [0.25, 0.3) is 10.9 Å². The van der Waals surface area contributed by atoms with Gasteiger partial charge in [0.2, 0.25) is 0 Å². The third-order valence-electron chi connectivity index (χ3n) is 3.46. The van der Waals surface area contributed by atoms with Crippen LogP contribution in [0.5, 0.6) is 0 Å². The van der Waals surface area contributed by atoms with Gasteiger partial charge in [-0.3, -0.25) is 4.79 Å². The summed E-state index contributed by atoms with van der Waals surface area (Å²) in [5, 5.41) is 9.72. The van der Waals surface area contributed by atoms with Crippen molar-refractivity contribution in [2.75, 3.05) is 0 Å². The first kappa shape index (κ1) is 15.3. The predicted molar refractivity (Wildman–Crippen MR) is 80.7 cm³/mol. The molecule has 0 aliphatic rings. The zero-order valence-corrected chi connectivity index (χ0v) is 12.1. The van der Waals surface area contributed by atoms with Gasteiger partial charge in [-0.15, -0.1) is 0 Å². The number of hydrogen-bond donors (Lipinski definition) is 3. The Bertz CT molecular complexity index is 700. The molecular formula is C16H19FN2O2. The van der Waals surface area contributed by atoms with E-state index < -0.39 is 12.0 Å². The lowest BCUT2D eigenvalue weighted by Gasteiger charge is -2.06. The number of carboxylic acids is 1. The summed E-state index contributed by atoms with van der Waals surface area (Å²) in [5.41, 5.74) is 8.77. The van der Waals surface area contributed by atoms with Gasteiger partial charge in [0, 0.05) is 23.6 Å². The minimum atomic E-state index is -1.05. The molecule has 0 bridgehead atoms. The van der Waals surface area contributed by atoms with Crippen LogP contribution in [0.4, 0.5) is 4.39 Å². The maximum atomic E-state index is 14.0. The molecule has 0 aliphatic heterocycles. The number of rotatable bonds is 5. The molecule has 1 atom stereocenters. The van der Waals surface area contributed by atoms with Crippen LogP contribution in [-0.4, -0.2) is 22.1 Å². The van der Waals surface area contributed by atoms with Crippen molar-refractivity contribution in [2.24, 2.45) is 5.73 Å². The number of aliphatic carboxylic acids is 1. The number of aromatic nitrogens is 1. The molecule has 1 unspecified atom stereocenters. The van der Waals surface area contributed by atoms with Crippen molar-refractivity contribution in [1.82, 2.24) is 4.98 Å². The lowest BCUT2D eigenvalue weighted by molar-refractivity contribution is -0.138. The molecule has 0 radical (unpaired) electrons. The van der Waals surface area contributed by atoms with Crippen molar-refractivity contribution in [1.29, 1.82) is 0 Å². The zero-order chi connectivity index (χ0) is 15.6. The third-order valence-corrected chi connectivity index (χ3v) is 3.46. The highest BCUT2D eigenvalue weighted by atomic mass is 19.1. The van der Waals surface area contributed by atoms with E-state index in [1.54, 1.807) is 12.3 Å². The number of aromatic amines is 1. The molecule has 1 aromatic heterocycles. The molecule has 4 N–H and O–H groups in total. The molecule has 0 saturated carbocycles. The molecule has 0 amide bonds. The minimum Gasteiger partial charge on any atom is -0.480 e. The molecule has 0 aliphatic carbocycles. The maximum absolute atomic E-state index is 14.0. The first-order chi connectivity index (χ1) is 9.90. The normalized spacial score (nSPS) is 12.4. The number of fused-ring (bicyclic) bond motifs is 1. The number of hydrogen-bond acceptors (Lipinski definition) is 2.